The maximum absolute atomic E-state index is 13.4. The number of carbonyl (C=O) groups is 2. The normalized spacial score (nSPS) is 10.1. The predicted octanol–water partition coefficient (Wildman–Crippen LogP) is 2.54. The number of halogens is 1. The zero-order chi connectivity index (χ0) is 18.8. The van der Waals surface area contributed by atoms with E-state index in [9.17, 15) is 14.0 Å². The Balaban J connectivity index is 1.65. The van der Waals surface area contributed by atoms with E-state index in [1.165, 1.54) is 13.2 Å². The minimum absolute atomic E-state index is 0.0150. The number of hydrazine groups is 1. The van der Waals surface area contributed by atoms with E-state index in [0.717, 1.165) is 11.8 Å². The summed E-state index contributed by atoms with van der Waals surface area (Å²) in [5, 5.41) is 0. The van der Waals surface area contributed by atoms with Gasteiger partial charge in [-0.25, -0.2) is 4.39 Å². The number of ether oxygens (including phenoxy) is 2. The number of benzene rings is 2. The fourth-order valence-corrected chi connectivity index (χ4v) is 2.67. The standard InChI is InChI=1S/C18H19FN2O4S/c1-24-14-7-3-4-8-15(14)25-11-10-17(22)20-21-18(23)12-26-16-9-5-2-6-13(16)19/h2-9H,10-12H2,1H3,(H,20,22)(H,21,23). The molecule has 0 aliphatic carbocycles. The Morgan fingerprint density at radius 1 is 1.00 bits per heavy atom. The van der Waals surface area contributed by atoms with Crippen molar-refractivity contribution >= 4 is 23.6 Å². The molecule has 2 aromatic rings. The summed E-state index contributed by atoms with van der Waals surface area (Å²) in [5.74, 6) is -0.123. The van der Waals surface area contributed by atoms with Crippen molar-refractivity contribution in [3.05, 3.63) is 54.3 Å². The molecule has 8 heteroatoms. The predicted molar refractivity (Wildman–Crippen MR) is 96.5 cm³/mol. The lowest BCUT2D eigenvalue weighted by Crippen LogP contribution is -2.42. The van der Waals surface area contributed by atoms with Crippen LogP contribution in [0.4, 0.5) is 4.39 Å². The Morgan fingerprint density at radius 3 is 2.38 bits per heavy atom. The Morgan fingerprint density at radius 2 is 1.65 bits per heavy atom. The largest absolute Gasteiger partial charge is 0.493 e. The van der Waals surface area contributed by atoms with Crippen molar-refractivity contribution in [2.45, 2.75) is 11.3 Å². The Labute approximate surface area is 155 Å². The summed E-state index contributed by atoms with van der Waals surface area (Å²) >= 11 is 1.05. The van der Waals surface area contributed by atoms with Gasteiger partial charge in [0, 0.05) is 4.90 Å². The lowest BCUT2D eigenvalue weighted by atomic mass is 10.3. The van der Waals surface area contributed by atoms with E-state index in [0.29, 0.717) is 16.4 Å². The van der Waals surface area contributed by atoms with Crippen LogP contribution in [0, 0.1) is 5.82 Å². The van der Waals surface area contributed by atoms with E-state index in [1.807, 2.05) is 6.07 Å². The van der Waals surface area contributed by atoms with Gasteiger partial charge in [0.25, 0.3) is 0 Å². The number of methoxy groups -OCH3 is 1. The molecule has 0 fully saturated rings. The first-order chi connectivity index (χ1) is 12.6. The van der Waals surface area contributed by atoms with Gasteiger partial charge in [-0.2, -0.15) is 0 Å². The summed E-state index contributed by atoms with van der Waals surface area (Å²) in [6, 6.07) is 13.3. The topological polar surface area (TPSA) is 76.7 Å². The summed E-state index contributed by atoms with van der Waals surface area (Å²) in [4.78, 5) is 23.8. The Kier molecular flexibility index (Phi) is 7.75. The molecule has 6 nitrogen and oxygen atoms in total. The van der Waals surface area contributed by atoms with Gasteiger partial charge in [-0.3, -0.25) is 20.4 Å². The van der Waals surface area contributed by atoms with Crippen molar-refractivity contribution in [2.24, 2.45) is 0 Å². The van der Waals surface area contributed by atoms with Crippen molar-refractivity contribution in [1.82, 2.24) is 10.9 Å². The summed E-state index contributed by atoms with van der Waals surface area (Å²) in [7, 11) is 1.53. The first-order valence-electron chi connectivity index (χ1n) is 7.81. The summed E-state index contributed by atoms with van der Waals surface area (Å²) < 4.78 is 24.1. The minimum atomic E-state index is -0.433. The molecule has 26 heavy (non-hydrogen) atoms. The van der Waals surface area contributed by atoms with Crippen LogP contribution < -0.4 is 20.3 Å². The second kappa shape index (κ2) is 10.3. The third-order valence-corrected chi connectivity index (χ3v) is 4.24. The molecule has 0 heterocycles. The van der Waals surface area contributed by atoms with Gasteiger partial charge in [0.1, 0.15) is 5.82 Å². The Bertz CT molecular complexity index is 757. The van der Waals surface area contributed by atoms with Crippen molar-refractivity contribution in [3.63, 3.8) is 0 Å². The van der Waals surface area contributed by atoms with Crippen molar-refractivity contribution in [2.75, 3.05) is 19.5 Å². The van der Waals surface area contributed by atoms with Crippen molar-refractivity contribution < 1.29 is 23.5 Å². The number of para-hydroxylation sites is 2. The maximum atomic E-state index is 13.4. The number of rotatable bonds is 8. The molecule has 2 amide bonds. The van der Waals surface area contributed by atoms with Crippen molar-refractivity contribution in [3.8, 4) is 11.5 Å². The molecule has 0 saturated carbocycles. The monoisotopic (exact) mass is 378 g/mol. The fourth-order valence-electron chi connectivity index (χ4n) is 1.93. The lowest BCUT2D eigenvalue weighted by molar-refractivity contribution is -0.127. The van der Waals surface area contributed by atoms with Crippen LogP contribution in [-0.2, 0) is 9.59 Å². The molecule has 2 aromatic carbocycles. The van der Waals surface area contributed by atoms with Gasteiger partial charge in [-0.15, -0.1) is 11.8 Å². The van der Waals surface area contributed by atoms with E-state index in [-0.39, 0.29) is 24.6 Å². The highest BCUT2D eigenvalue weighted by Gasteiger charge is 2.09. The van der Waals surface area contributed by atoms with E-state index in [2.05, 4.69) is 10.9 Å². The molecule has 0 bridgehead atoms. The van der Waals surface area contributed by atoms with Gasteiger partial charge in [0.15, 0.2) is 11.5 Å². The van der Waals surface area contributed by atoms with Gasteiger partial charge in [0.05, 0.1) is 25.9 Å². The SMILES string of the molecule is COc1ccccc1OCCC(=O)NNC(=O)CSc1ccccc1F. The van der Waals surface area contributed by atoms with Gasteiger partial charge in [0.2, 0.25) is 11.8 Å². The van der Waals surface area contributed by atoms with Crippen LogP contribution in [0.3, 0.4) is 0 Å². The molecule has 2 rings (SSSR count). The molecule has 0 aliphatic heterocycles. The second-order valence-electron chi connectivity index (χ2n) is 5.06. The second-order valence-corrected chi connectivity index (χ2v) is 6.08. The smallest absolute Gasteiger partial charge is 0.248 e. The van der Waals surface area contributed by atoms with E-state index >= 15 is 0 Å². The third kappa shape index (κ3) is 6.29. The van der Waals surface area contributed by atoms with Crippen LogP contribution in [0.15, 0.2) is 53.4 Å². The van der Waals surface area contributed by atoms with Crippen molar-refractivity contribution in [1.29, 1.82) is 0 Å². The van der Waals surface area contributed by atoms with Gasteiger partial charge >= 0.3 is 0 Å². The van der Waals surface area contributed by atoms with Crippen LogP contribution in [-0.4, -0.2) is 31.3 Å². The number of hydrogen-bond donors (Lipinski definition) is 2. The molecule has 0 aromatic heterocycles. The molecule has 138 valence electrons. The number of amides is 2. The van der Waals surface area contributed by atoms with Crippen LogP contribution in [0.25, 0.3) is 0 Å². The number of nitrogens with one attached hydrogen (secondary N) is 2. The Hall–Kier alpha value is -2.74. The van der Waals surface area contributed by atoms with E-state index in [1.54, 1.807) is 36.4 Å². The molecule has 0 spiro atoms. The zero-order valence-electron chi connectivity index (χ0n) is 14.2. The number of carbonyl (C=O) groups excluding carboxylic acids is 2. The molecule has 0 saturated heterocycles. The van der Waals surface area contributed by atoms with Gasteiger partial charge in [-0.05, 0) is 24.3 Å². The molecule has 0 aliphatic rings. The van der Waals surface area contributed by atoms with Gasteiger partial charge in [-0.1, -0.05) is 24.3 Å². The van der Waals surface area contributed by atoms with Gasteiger partial charge < -0.3 is 9.47 Å². The number of thioether (sulfide) groups is 1. The van der Waals surface area contributed by atoms with E-state index in [4.69, 9.17) is 9.47 Å². The highest BCUT2D eigenvalue weighted by molar-refractivity contribution is 8.00. The maximum Gasteiger partial charge on any atom is 0.248 e. The summed E-state index contributed by atoms with van der Waals surface area (Å²) in [6.07, 6.45) is 0.0544. The molecular weight excluding hydrogens is 359 g/mol. The van der Waals surface area contributed by atoms with Crippen LogP contribution in [0.5, 0.6) is 11.5 Å². The first-order valence-corrected chi connectivity index (χ1v) is 8.79. The number of hydrogen-bond acceptors (Lipinski definition) is 5. The third-order valence-electron chi connectivity index (χ3n) is 3.19. The highest BCUT2D eigenvalue weighted by Crippen LogP contribution is 2.25. The van der Waals surface area contributed by atoms with Crippen LogP contribution >= 0.6 is 11.8 Å². The summed E-state index contributed by atoms with van der Waals surface area (Å²) in [5.41, 5.74) is 4.57. The molecular formula is C18H19FN2O4S. The average molecular weight is 378 g/mol. The lowest BCUT2D eigenvalue weighted by Gasteiger charge is -2.11. The quantitative estimate of drug-likeness (QED) is 0.545. The zero-order valence-corrected chi connectivity index (χ0v) is 15.0. The molecule has 0 atom stereocenters. The van der Waals surface area contributed by atoms with Crippen LogP contribution in [0.1, 0.15) is 6.42 Å². The van der Waals surface area contributed by atoms with E-state index < -0.39 is 11.8 Å². The highest BCUT2D eigenvalue weighted by atomic mass is 32.2. The molecule has 0 unspecified atom stereocenters. The molecule has 0 radical (unpaired) electrons. The fraction of sp³-hybridized carbons (Fsp3) is 0.222. The first kappa shape index (κ1) is 19.6. The average Bonchev–Trinajstić information content (AvgIpc) is 2.66. The van der Waals surface area contributed by atoms with Crippen LogP contribution in [0.2, 0.25) is 0 Å². The summed E-state index contributed by atoms with van der Waals surface area (Å²) in [6.45, 7) is 0.131. The minimum Gasteiger partial charge on any atom is -0.493 e. The molecule has 2 N–H and O–H groups in total.